The summed E-state index contributed by atoms with van der Waals surface area (Å²) in [4.78, 5) is 29.8. The van der Waals surface area contributed by atoms with Gasteiger partial charge in [-0.3, -0.25) is 9.59 Å². The molecule has 1 fully saturated rings. The molecule has 0 spiro atoms. The highest BCUT2D eigenvalue weighted by atomic mass is 32.1. The van der Waals surface area contributed by atoms with Crippen LogP contribution in [0.3, 0.4) is 0 Å². The Kier molecular flexibility index (Phi) is 5.28. The van der Waals surface area contributed by atoms with Crippen LogP contribution in [0.5, 0.6) is 0 Å². The number of hydrogen-bond donors (Lipinski definition) is 2. The molecule has 28 heavy (non-hydrogen) atoms. The van der Waals surface area contributed by atoms with Crippen molar-refractivity contribution < 1.29 is 9.59 Å². The summed E-state index contributed by atoms with van der Waals surface area (Å²) in [6.45, 7) is 3.81. The minimum absolute atomic E-state index is 0.0937. The molecule has 0 saturated heterocycles. The zero-order valence-corrected chi connectivity index (χ0v) is 17.3. The van der Waals surface area contributed by atoms with Gasteiger partial charge in [0, 0.05) is 22.5 Å². The molecule has 2 aromatic heterocycles. The number of rotatable bonds is 6. The third-order valence-electron chi connectivity index (χ3n) is 4.74. The molecule has 144 valence electrons. The lowest BCUT2D eigenvalue weighted by atomic mass is 10.1. The van der Waals surface area contributed by atoms with Gasteiger partial charge in [0.2, 0.25) is 5.91 Å². The number of anilines is 1. The van der Waals surface area contributed by atoms with Gasteiger partial charge in [0.1, 0.15) is 9.88 Å². The number of nitrogens with one attached hydrogen (secondary N) is 2. The Hall–Kier alpha value is -2.51. The van der Waals surface area contributed by atoms with Crippen molar-refractivity contribution in [2.45, 2.75) is 32.7 Å². The standard InChI is InChI=1S/C21H21N3O2S2/c1-12(14-5-7-17(8-6-14)24-19(25)15-3-4-15)22-20(26)18-13(2)23-21(28-18)16-9-10-27-11-16/h5-12,15H,3-4H2,1-2H3,(H,22,26)(H,24,25). The van der Waals surface area contributed by atoms with Gasteiger partial charge in [-0.1, -0.05) is 12.1 Å². The van der Waals surface area contributed by atoms with Gasteiger partial charge in [-0.05, 0) is 55.8 Å². The number of amides is 2. The molecule has 1 unspecified atom stereocenters. The Morgan fingerprint density at radius 2 is 1.93 bits per heavy atom. The number of nitrogens with zero attached hydrogens (tertiary/aromatic N) is 1. The van der Waals surface area contributed by atoms with Crippen molar-refractivity contribution in [2.75, 3.05) is 5.32 Å². The number of benzene rings is 1. The number of aryl methyl sites for hydroxylation is 1. The predicted molar refractivity (Wildman–Crippen MR) is 114 cm³/mol. The zero-order valence-electron chi connectivity index (χ0n) is 15.7. The van der Waals surface area contributed by atoms with Crippen LogP contribution in [0, 0.1) is 12.8 Å². The van der Waals surface area contributed by atoms with E-state index < -0.39 is 0 Å². The van der Waals surface area contributed by atoms with Crippen LogP contribution in [0.15, 0.2) is 41.1 Å². The summed E-state index contributed by atoms with van der Waals surface area (Å²) in [5, 5.41) is 10.9. The molecule has 5 nitrogen and oxygen atoms in total. The van der Waals surface area contributed by atoms with E-state index in [1.165, 1.54) is 11.3 Å². The molecular weight excluding hydrogens is 390 g/mol. The van der Waals surface area contributed by atoms with Crippen molar-refractivity contribution in [1.82, 2.24) is 10.3 Å². The fourth-order valence-corrected chi connectivity index (χ4v) is 4.59. The first-order chi connectivity index (χ1) is 13.5. The molecule has 1 aromatic carbocycles. The number of carbonyl (C=O) groups excluding carboxylic acids is 2. The molecule has 0 aliphatic heterocycles. The highest BCUT2D eigenvalue weighted by Gasteiger charge is 2.29. The van der Waals surface area contributed by atoms with E-state index >= 15 is 0 Å². The second kappa shape index (κ2) is 7.85. The molecule has 2 amide bonds. The molecule has 2 N–H and O–H groups in total. The van der Waals surface area contributed by atoms with E-state index in [4.69, 9.17) is 0 Å². The van der Waals surface area contributed by atoms with Crippen molar-refractivity contribution >= 4 is 40.2 Å². The lowest BCUT2D eigenvalue weighted by molar-refractivity contribution is -0.117. The maximum atomic E-state index is 12.7. The molecule has 1 aliphatic carbocycles. The number of thiazole rings is 1. The smallest absolute Gasteiger partial charge is 0.263 e. The van der Waals surface area contributed by atoms with Crippen LogP contribution in [0.25, 0.3) is 10.6 Å². The molecule has 1 aliphatic rings. The van der Waals surface area contributed by atoms with Gasteiger partial charge in [-0.2, -0.15) is 11.3 Å². The molecule has 1 atom stereocenters. The first-order valence-corrected chi connectivity index (χ1v) is 11.0. The van der Waals surface area contributed by atoms with E-state index in [0.717, 1.165) is 40.4 Å². The first kappa shape index (κ1) is 18.8. The quantitative estimate of drug-likeness (QED) is 0.598. The summed E-state index contributed by atoms with van der Waals surface area (Å²) < 4.78 is 0. The number of carbonyl (C=O) groups is 2. The van der Waals surface area contributed by atoms with Gasteiger partial charge < -0.3 is 10.6 Å². The molecule has 0 radical (unpaired) electrons. The Labute approximate surface area is 171 Å². The van der Waals surface area contributed by atoms with Gasteiger partial charge in [-0.15, -0.1) is 11.3 Å². The van der Waals surface area contributed by atoms with Crippen LogP contribution < -0.4 is 10.6 Å². The van der Waals surface area contributed by atoms with Crippen molar-refractivity contribution in [2.24, 2.45) is 5.92 Å². The monoisotopic (exact) mass is 411 g/mol. The summed E-state index contributed by atoms with van der Waals surface area (Å²) >= 11 is 3.03. The zero-order chi connectivity index (χ0) is 19.7. The van der Waals surface area contributed by atoms with Crippen LogP contribution in [-0.4, -0.2) is 16.8 Å². The summed E-state index contributed by atoms with van der Waals surface area (Å²) in [6, 6.07) is 9.49. The third-order valence-corrected chi connectivity index (χ3v) is 6.63. The van der Waals surface area contributed by atoms with Crippen LogP contribution in [0.4, 0.5) is 5.69 Å². The summed E-state index contributed by atoms with van der Waals surface area (Å²) in [5.74, 6) is 0.158. The Balaban J connectivity index is 1.41. The maximum absolute atomic E-state index is 12.7. The van der Waals surface area contributed by atoms with Gasteiger partial charge >= 0.3 is 0 Å². The van der Waals surface area contributed by atoms with Crippen molar-refractivity contribution in [3.8, 4) is 10.6 Å². The van der Waals surface area contributed by atoms with E-state index in [2.05, 4.69) is 15.6 Å². The molecule has 1 saturated carbocycles. The first-order valence-electron chi connectivity index (χ1n) is 9.23. The molecular formula is C21H21N3O2S2. The van der Waals surface area contributed by atoms with E-state index in [1.54, 1.807) is 11.3 Å². The van der Waals surface area contributed by atoms with Gasteiger partial charge in [-0.25, -0.2) is 4.98 Å². The number of aromatic nitrogens is 1. The second-order valence-corrected chi connectivity index (χ2v) is 8.81. The Morgan fingerprint density at radius 1 is 1.18 bits per heavy atom. The lowest BCUT2D eigenvalue weighted by Crippen LogP contribution is -2.26. The lowest BCUT2D eigenvalue weighted by Gasteiger charge is -2.14. The van der Waals surface area contributed by atoms with Crippen molar-refractivity contribution in [3.05, 3.63) is 57.2 Å². The van der Waals surface area contributed by atoms with E-state index in [9.17, 15) is 9.59 Å². The number of thiophene rings is 1. The highest BCUT2D eigenvalue weighted by Crippen LogP contribution is 2.31. The van der Waals surface area contributed by atoms with Crippen molar-refractivity contribution in [3.63, 3.8) is 0 Å². The van der Waals surface area contributed by atoms with E-state index in [-0.39, 0.29) is 23.8 Å². The summed E-state index contributed by atoms with van der Waals surface area (Å²) in [6.07, 6.45) is 1.97. The Bertz CT molecular complexity index is 989. The van der Waals surface area contributed by atoms with E-state index in [0.29, 0.717) is 4.88 Å². The van der Waals surface area contributed by atoms with Crippen LogP contribution in [0.2, 0.25) is 0 Å². The minimum atomic E-state index is -0.146. The van der Waals surface area contributed by atoms with Crippen LogP contribution in [-0.2, 0) is 4.79 Å². The fraction of sp³-hybridized carbons (Fsp3) is 0.286. The summed E-state index contributed by atoms with van der Waals surface area (Å²) in [5.41, 5.74) is 3.57. The normalized spacial score (nSPS) is 14.5. The average Bonchev–Trinajstić information content (AvgIpc) is 3.25. The SMILES string of the molecule is Cc1nc(-c2ccsc2)sc1C(=O)NC(C)c1ccc(NC(=O)C2CC2)cc1. The topological polar surface area (TPSA) is 71.1 Å². The number of hydrogen-bond acceptors (Lipinski definition) is 5. The Morgan fingerprint density at radius 3 is 2.57 bits per heavy atom. The molecule has 7 heteroatoms. The van der Waals surface area contributed by atoms with Gasteiger partial charge in [0.15, 0.2) is 0 Å². The summed E-state index contributed by atoms with van der Waals surface area (Å²) in [7, 11) is 0. The minimum Gasteiger partial charge on any atom is -0.345 e. The van der Waals surface area contributed by atoms with Gasteiger partial charge in [0.05, 0.1) is 11.7 Å². The van der Waals surface area contributed by atoms with Crippen LogP contribution >= 0.6 is 22.7 Å². The van der Waals surface area contributed by atoms with Gasteiger partial charge in [0.25, 0.3) is 5.91 Å². The largest absolute Gasteiger partial charge is 0.345 e. The molecule has 2 heterocycles. The second-order valence-electron chi connectivity index (χ2n) is 7.03. The van der Waals surface area contributed by atoms with E-state index in [1.807, 2.05) is 54.9 Å². The fourth-order valence-electron chi connectivity index (χ4n) is 2.91. The maximum Gasteiger partial charge on any atom is 0.263 e. The average molecular weight is 412 g/mol. The highest BCUT2D eigenvalue weighted by molar-refractivity contribution is 7.17. The third kappa shape index (κ3) is 4.15. The van der Waals surface area contributed by atoms with Crippen LogP contribution in [0.1, 0.15) is 46.7 Å². The predicted octanol–water partition coefficient (Wildman–Crippen LogP) is 5.02. The molecule has 3 aromatic rings. The van der Waals surface area contributed by atoms with Crippen molar-refractivity contribution in [1.29, 1.82) is 0 Å². The molecule has 4 rings (SSSR count). The molecule has 0 bridgehead atoms.